The third-order valence-corrected chi connectivity index (χ3v) is 4.32. The molecule has 0 aliphatic heterocycles. The summed E-state index contributed by atoms with van der Waals surface area (Å²) in [4.78, 5) is 14.6. The zero-order chi connectivity index (χ0) is 15.7. The highest BCUT2D eigenvalue weighted by Crippen LogP contribution is 2.49. The molecule has 1 saturated carbocycles. The molecular weight excluding hydrogens is 274 g/mol. The Kier molecular flexibility index (Phi) is 3.88. The van der Waals surface area contributed by atoms with Crippen molar-refractivity contribution in [3.05, 3.63) is 59.7 Å². The molecule has 22 heavy (non-hydrogen) atoms. The molecule has 3 nitrogen and oxygen atoms in total. The van der Waals surface area contributed by atoms with Gasteiger partial charge in [0.25, 0.3) is 0 Å². The first-order chi connectivity index (χ1) is 10.6. The minimum Gasteiger partial charge on any atom is -0.508 e. The van der Waals surface area contributed by atoms with E-state index in [2.05, 4.69) is 6.07 Å². The minimum absolute atomic E-state index is 0.0602. The average molecular weight is 295 g/mol. The Morgan fingerprint density at radius 2 is 1.95 bits per heavy atom. The number of aromatic hydroxyl groups is 1. The zero-order valence-corrected chi connectivity index (χ0v) is 13.0. The lowest BCUT2D eigenvalue weighted by molar-refractivity contribution is -0.119. The predicted molar refractivity (Wildman–Crippen MR) is 88.2 cm³/mol. The van der Waals surface area contributed by atoms with Crippen LogP contribution in [0, 0.1) is 12.8 Å². The lowest BCUT2D eigenvalue weighted by Crippen LogP contribution is -2.32. The molecule has 0 saturated heterocycles. The van der Waals surface area contributed by atoms with Crippen molar-refractivity contribution in [1.29, 1.82) is 0 Å². The number of hydrogen-bond acceptors (Lipinski definition) is 2. The van der Waals surface area contributed by atoms with Crippen LogP contribution in [0.2, 0.25) is 0 Å². The number of anilines is 1. The molecule has 1 amide bonds. The molecule has 0 bridgehead atoms. The SMILES string of the molecule is CCN(C(=O)C1CC1c1ccc(O)cc1)c1cccc(C)c1. The maximum absolute atomic E-state index is 12.8. The Balaban J connectivity index is 1.75. The van der Waals surface area contributed by atoms with Crippen molar-refractivity contribution in [1.82, 2.24) is 0 Å². The van der Waals surface area contributed by atoms with Gasteiger partial charge in [-0.2, -0.15) is 0 Å². The van der Waals surface area contributed by atoms with E-state index >= 15 is 0 Å². The normalized spacial score (nSPS) is 19.7. The number of carbonyl (C=O) groups excluding carboxylic acids is 1. The van der Waals surface area contributed by atoms with Gasteiger partial charge >= 0.3 is 0 Å². The van der Waals surface area contributed by atoms with Crippen LogP contribution in [0.25, 0.3) is 0 Å². The first-order valence-electron chi connectivity index (χ1n) is 7.77. The van der Waals surface area contributed by atoms with Crippen LogP contribution in [0.3, 0.4) is 0 Å². The molecule has 2 atom stereocenters. The van der Waals surface area contributed by atoms with E-state index in [4.69, 9.17) is 0 Å². The van der Waals surface area contributed by atoms with Gasteiger partial charge in [-0.25, -0.2) is 0 Å². The van der Waals surface area contributed by atoms with Crippen LogP contribution < -0.4 is 4.90 Å². The number of carbonyl (C=O) groups is 1. The lowest BCUT2D eigenvalue weighted by atomic mass is 10.1. The molecule has 3 heteroatoms. The molecule has 1 aliphatic rings. The van der Waals surface area contributed by atoms with E-state index in [1.54, 1.807) is 12.1 Å². The van der Waals surface area contributed by atoms with Crippen LogP contribution in [0.1, 0.15) is 30.4 Å². The Hall–Kier alpha value is -2.29. The number of phenolic OH excluding ortho intramolecular Hbond substituents is 1. The fourth-order valence-electron chi connectivity index (χ4n) is 3.02. The van der Waals surface area contributed by atoms with Crippen LogP contribution in [0.4, 0.5) is 5.69 Å². The lowest BCUT2D eigenvalue weighted by Gasteiger charge is -2.21. The number of amides is 1. The van der Waals surface area contributed by atoms with Gasteiger partial charge in [0.05, 0.1) is 0 Å². The maximum atomic E-state index is 12.8. The van der Waals surface area contributed by atoms with E-state index in [9.17, 15) is 9.90 Å². The molecule has 3 rings (SSSR count). The van der Waals surface area contributed by atoms with Gasteiger partial charge < -0.3 is 10.0 Å². The molecule has 114 valence electrons. The predicted octanol–water partition coefficient (Wildman–Crippen LogP) is 3.86. The van der Waals surface area contributed by atoms with Crippen molar-refractivity contribution in [2.24, 2.45) is 5.92 Å². The van der Waals surface area contributed by atoms with Crippen LogP contribution in [-0.2, 0) is 4.79 Å². The molecule has 1 N–H and O–H groups in total. The van der Waals surface area contributed by atoms with Crippen LogP contribution in [0.5, 0.6) is 5.75 Å². The molecule has 0 radical (unpaired) electrons. The smallest absolute Gasteiger partial charge is 0.230 e. The Morgan fingerprint density at radius 3 is 2.59 bits per heavy atom. The highest BCUT2D eigenvalue weighted by Gasteiger charge is 2.45. The van der Waals surface area contributed by atoms with Gasteiger partial charge in [0.2, 0.25) is 5.91 Å². The van der Waals surface area contributed by atoms with Gasteiger partial charge in [0.15, 0.2) is 0 Å². The summed E-state index contributed by atoms with van der Waals surface area (Å²) in [5.74, 6) is 0.811. The van der Waals surface area contributed by atoms with Crippen molar-refractivity contribution in [2.45, 2.75) is 26.2 Å². The van der Waals surface area contributed by atoms with E-state index in [-0.39, 0.29) is 23.5 Å². The van der Waals surface area contributed by atoms with E-state index in [1.165, 1.54) is 0 Å². The van der Waals surface area contributed by atoms with Crippen molar-refractivity contribution in [3.63, 3.8) is 0 Å². The summed E-state index contributed by atoms with van der Waals surface area (Å²) in [6, 6.07) is 15.3. The number of nitrogens with zero attached hydrogens (tertiary/aromatic N) is 1. The fraction of sp³-hybridized carbons (Fsp3) is 0.316. The van der Waals surface area contributed by atoms with Gasteiger partial charge in [0.1, 0.15) is 5.75 Å². The van der Waals surface area contributed by atoms with Crippen LogP contribution >= 0.6 is 0 Å². The number of benzene rings is 2. The topological polar surface area (TPSA) is 40.5 Å². The number of rotatable bonds is 4. The molecule has 0 aromatic heterocycles. The number of phenols is 1. The molecule has 0 heterocycles. The Bertz CT molecular complexity index is 678. The maximum Gasteiger partial charge on any atom is 0.230 e. The third-order valence-electron chi connectivity index (χ3n) is 4.32. The minimum atomic E-state index is 0.0602. The summed E-state index contributed by atoms with van der Waals surface area (Å²) < 4.78 is 0. The van der Waals surface area contributed by atoms with Crippen molar-refractivity contribution in [3.8, 4) is 5.75 Å². The monoisotopic (exact) mass is 295 g/mol. The Morgan fingerprint density at radius 1 is 1.23 bits per heavy atom. The first kappa shape index (κ1) is 14.6. The van der Waals surface area contributed by atoms with Crippen molar-refractivity contribution < 1.29 is 9.90 Å². The molecule has 2 unspecified atom stereocenters. The molecule has 0 spiro atoms. The fourth-order valence-corrected chi connectivity index (χ4v) is 3.02. The van der Waals surface area contributed by atoms with Crippen molar-refractivity contribution in [2.75, 3.05) is 11.4 Å². The molecule has 2 aromatic rings. The van der Waals surface area contributed by atoms with E-state index in [0.717, 1.165) is 23.2 Å². The number of aryl methyl sites for hydroxylation is 1. The van der Waals surface area contributed by atoms with E-state index < -0.39 is 0 Å². The first-order valence-corrected chi connectivity index (χ1v) is 7.77. The van der Waals surface area contributed by atoms with E-state index in [0.29, 0.717) is 6.54 Å². The van der Waals surface area contributed by atoms with Gasteiger partial charge in [-0.15, -0.1) is 0 Å². The highest BCUT2D eigenvalue weighted by molar-refractivity contribution is 5.97. The highest BCUT2D eigenvalue weighted by atomic mass is 16.3. The summed E-state index contributed by atoms with van der Waals surface area (Å²) in [6.45, 7) is 4.73. The summed E-state index contributed by atoms with van der Waals surface area (Å²) in [6.07, 6.45) is 0.895. The number of hydrogen-bond donors (Lipinski definition) is 1. The summed E-state index contributed by atoms with van der Waals surface area (Å²) >= 11 is 0. The Labute approximate surface area is 131 Å². The van der Waals surface area contributed by atoms with Crippen molar-refractivity contribution >= 4 is 11.6 Å². The quantitative estimate of drug-likeness (QED) is 0.930. The van der Waals surface area contributed by atoms with Gasteiger partial charge in [-0.1, -0.05) is 24.3 Å². The second-order valence-corrected chi connectivity index (χ2v) is 5.96. The summed E-state index contributed by atoms with van der Waals surface area (Å²) in [7, 11) is 0. The second-order valence-electron chi connectivity index (χ2n) is 5.96. The van der Waals surface area contributed by atoms with Gasteiger partial charge in [0, 0.05) is 18.2 Å². The standard InChI is InChI=1S/C19H21NO2/c1-3-20(15-6-4-5-13(2)11-15)19(22)18-12-17(18)14-7-9-16(21)10-8-14/h4-11,17-18,21H,3,12H2,1-2H3. The van der Waals surface area contributed by atoms with Gasteiger partial charge in [-0.05, 0) is 61.6 Å². The largest absolute Gasteiger partial charge is 0.508 e. The summed E-state index contributed by atoms with van der Waals surface area (Å²) in [5.41, 5.74) is 3.27. The second kappa shape index (κ2) is 5.84. The average Bonchev–Trinajstić information content (AvgIpc) is 3.29. The van der Waals surface area contributed by atoms with E-state index in [1.807, 2.05) is 49.1 Å². The van der Waals surface area contributed by atoms with Crippen LogP contribution in [-0.4, -0.2) is 17.6 Å². The molecule has 1 aliphatic carbocycles. The molecule has 2 aromatic carbocycles. The van der Waals surface area contributed by atoms with Crippen LogP contribution in [0.15, 0.2) is 48.5 Å². The summed E-state index contributed by atoms with van der Waals surface area (Å²) in [5, 5.41) is 9.36. The zero-order valence-electron chi connectivity index (χ0n) is 13.0. The molecule has 1 fully saturated rings. The van der Waals surface area contributed by atoms with Gasteiger partial charge in [-0.3, -0.25) is 4.79 Å². The molecular formula is C19H21NO2. The third kappa shape index (κ3) is 2.84.